The van der Waals surface area contributed by atoms with Crippen LogP contribution in [0.5, 0.6) is 0 Å². The molecule has 2 aromatic heterocycles. The van der Waals surface area contributed by atoms with Crippen LogP contribution in [-0.2, 0) is 6.54 Å². The Labute approximate surface area is 164 Å². The molecule has 4 aromatic rings. The predicted molar refractivity (Wildman–Crippen MR) is 112 cm³/mol. The minimum Gasteiger partial charge on any atom is -0.348 e. The number of amides is 1. The Hall–Kier alpha value is -3.53. The Morgan fingerprint density at radius 3 is 2.39 bits per heavy atom. The van der Waals surface area contributed by atoms with E-state index in [1.165, 1.54) is 5.56 Å². The second-order valence-electron chi connectivity index (χ2n) is 6.88. The number of para-hydroxylation sites is 1. The summed E-state index contributed by atoms with van der Waals surface area (Å²) >= 11 is 0. The molecule has 4 heteroatoms. The van der Waals surface area contributed by atoms with E-state index in [0.717, 1.165) is 33.3 Å². The van der Waals surface area contributed by atoms with Crippen molar-refractivity contribution in [2.45, 2.75) is 20.4 Å². The molecule has 4 nitrogen and oxygen atoms in total. The molecule has 0 bridgehead atoms. The Bertz CT molecular complexity index is 1140. The highest BCUT2D eigenvalue weighted by Gasteiger charge is 2.18. The summed E-state index contributed by atoms with van der Waals surface area (Å²) in [6.07, 6.45) is 3.45. The molecular formula is C24H21N3O. The molecule has 0 saturated carbocycles. The predicted octanol–water partition coefficient (Wildman–Crippen LogP) is 4.84. The van der Waals surface area contributed by atoms with Crippen LogP contribution in [0.25, 0.3) is 22.2 Å². The van der Waals surface area contributed by atoms with Crippen LogP contribution in [0.2, 0.25) is 0 Å². The number of benzene rings is 2. The van der Waals surface area contributed by atoms with Crippen molar-refractivity contribution in [3.8, 4) is 11.3 Å². The molecular weight excluding hydrogens is 346 g/mol. The standard InChI is InChI=1S/C24H21N3O/c1-16-7-9-19(10-8-16)23-17(2)22(20-5-3-4-6-21(20)27-23)24(28)26-15-18-11-13-25-14-12-18/h3-14H,15H2,1-2H3,(H,26,28). The number of carbonyl (C=O) groups excluding carboxylic acids is 1. The van der Waals surface area contributed by atoms with Crippen molar-refractivity contribution in [3.05, 3.63) is 95.3 Å². The summed E-state index contributed by atoms with van der Waals surface area (Å²) in [5.74, 6) is -0.0960. The summed E-state index contributed by atoms with van der Waals surface area (Å²) in [5, 5.41) is 3.91. The van der Waals surface area contributed by atoms with Crippen LogP contribution in [0.1, 0.15) is 27.0 Å². The van der Waals surface area contributed by atoms with E-state index in [0.29, 0.717) is 12.1 Å². The second-order valence-corrected chi connectivity index (χ2v) is 6.88. The zero-order valence-corrected chi connectivity index (χ0v) is 15.9. The van der Waals surface area contributed by atoms with E-state index in [9.17, 15) is 4.79 Å². The largest absolute Gasteiger partial charge is 0.348 e. The molecule has 0 unspecified atom stereocenters. The highest BCUT2D eigenvalue weighted by atomic mass is 16.1. The molecule has 0 aliphatic heterocycles. The van der Waals surface area contributed by atoms with Gasteiger partial charge in [0.15, 0.2) is 0 Å². The van der Waals surface area contributed by atoms with Crippen LogP contribution in [0.4, 0.5) is 0 Å². The Balaban J connectivity index is 1.78. The third-order valence-corrected chi connectivity index (χ3v) is 4.89. The van der Waals surface area contributed by atoms with Gasteiger partial charge in [-0.2, -0.15) is 0 Å². The van der Waals surface area contributed by atoms with Gasteiger partial charge in [0.2, 0.25) is 0 Å². The first kappa shape index (κ1) is 17.9. The first-order chi connectivity index (χ1) is 13.6. The van der Waals surface area contributed by atoms with Crippen molar-refractivity contribution < 1.29 is 4.79 Å². The summed E-state index contributed by atoms with van der Waals surface area (Å²) < 4.78 is 0. The fraction of sp³-hybridized carbons (Fsp3) is 0.125. The number of hydrogen-bond donors (Lipinski definition) is 1. The Morgan fingerprint density at radius 2 is 1.64 bits per heavy atom. The number of hydrogen-bond acceptors (Lipinski definition) is 3. The van der Waals surface area contributed by atoms with Gasteiger partial charge in [-0.25, -0.2) is 4.98 Å². The number of aryl methyl sites for hydroxylation is 1. The van der Waals surface area contributed by atoms with E-state index in [2.05, 4.69) is 41.5 Å². The van der Waals surface area contributed by atoms with E-state index in [-0.39, 0.29) is 5.91 Å². The monoisotopic (exact) mass is 367 g/mol. The number of aromatic nitrogens is 2. The van der Waals surface area contributed by atoms with E-state index in [4.69, 9.17) is 4.98 Å². The SMILES string of the molecule is Cc1ccc(-c2nc3ccccc3c(C(=O)NCc3ccncc3)c2C)cc1. The van der Waals surface area contributed by atoms with Crippen molar-refractivity contribution in [2.75, 3.05) is 0 Å². The first-order valence-corrected chi connectivity index (χ1v) is 9.27. The minimum atomic E-state index is -0.0960. The average Bonchev–Trinajstić information content (AvgIpc) is 2.73. The molecule has 0 saturated heterocycles. The van der Waals surface area contributed by atoms with Gasteiger partial charge in [-0.15, -0.1) is 0 Å². The molecule has 138 valence electrons. The third kappa shape index (κ3) is 3.49. The number of pyridine rings is 2. The van der Waals surface area contributed by atoms with Gasteiger partial charge in [0, 0.05) is 29.9 Å². The zero-order valence-electron chi connectivity index (χ0n) is 15.9. The summed E-state index contributed by atoms with van der Waals surface area (Å²) in [6.45, 7) is 4.48. The van der Waals surface area contributed by atoms with Crippen molar-refractivity contribution in [3.63, 3.8) is 0 Å². The number of carbonyl (C=O) groups is 1. The van der Waals surface area contributed by atoms with Crippen LogP contribution in [0, 0.1) is 13.8 Å². The van der Waals surface area contributed by atoms with Gasteiger partial charge in [-0.05, 0) is 43.2 Å². The maximum atomic E-state index is 13.1. The quantitative estimate of drug-likeness (QED) is 0.561. The molecule has 4 rings (SSSR count). The molecule has 0 atom stereocenters. The number of nitrogens with one attached hydrogen (secondary N) is 1. The number of rotatable bonds is 4. The Morgan fingerprint density at radius 1 is 0.929 bits per heavy atom. The third-order valence-electron chi connectivity index (χ3n) is 4.89. The fourth-order valence-corrected chi connectivity index (χ4v) is 3.36. The fourth-order valence-electron chi connectivity index (χ4n) is 3.36. The van der Waals surface area contributed by atoms with Gasteiger partial charge < -0.3 is 5.32 Å². The molecule has 0 radical (unpaired) electrons. The Kier molecular flexibility index (Phi) is 4.85. The van der Waals surface area contributed by atoms with Gasteiger partial charge in [0.25, 0.3) is 5.91 Å². The molecule has 0 spiro atoms. The lowest BCUT2D eigenvalue weighted by Crippen LogP contribution is -2.24. The van der Waals surface area contributed by atoms with E-state index in [1.807, 2.05) is 43.3 Å². The highest BCUT2D eigenvalue weighted by Crippen LogP contribution is 2.29. The molecule has 0 fully saturated rings. The van der Waals surface area contributed by atoms with Crippen LogP contribution < -0.4 is 5.32 Å². The van der Waals surface area contributed by atoms with Gasteiger partial charge in [-0.1, -0.05) is 48.0 Å². The molecule has 28 heavy (non-hydrogen) atoms. The molecule has 2 heterocycles. The zero-order chi connectivity index (χ0) is 19.5. The van der Waals surface area contributed by atoms with Crippen molar-refractivity contribution >= 4 is 16.8 Å². The molecule has 0 aliphatic carbocycles. The summed E-state index contributed by atoms with van der Waals surface area (Å²) in [4.78, 5) is 22.0. The first-order valence-electron chi connectivity index (χ1n) is 9.27. The topological polar surface area (TPSA) is 54.9 Å². The van der Waals surface area contributed by atoms with Crippen molar-refractivity contribution in [2.24, 2.45) is 0 Å². The molecule has 2 aromatic carbocycles. The van der Waals surface area contributed by atoms with Gasteiger partial charge >= 0.3 is 0 Å². The van der Waals surface area contributed by atoms with Crippen molar-refractivity contribution in [1.82, 2.24) is 15.3 Å². The van der Waals surface area contributed by atoms with E-state index >= 15 is 0 Å². The normalized spacial score (nSPS) is 10.8. The van der Waals surface area contributed by atoms with E-state index < -0.39 is 0 Å². The number of fused-ring (bicyclic) bond motifs is 1. The summed E-state index contributed by atoms with van der Waals surface area (Å²) in [5.41, 5.74) is 6.43. The van der Waals surface area contributed by atoms with Crippen LogP contribution in [-0.4, -0.2) is 15.9 Å². The average molecular weight is 367 g/mol. The minimum absolute atomic E-state index is 0.0960. The van der Waals surface area contributed by atoms with E-state index in [1.54, 1.807) is 12.4 Å². The van der Waals surface area contributed by atoms with Crippen LogP contribution in [0.3, 0.4) is 0 Å². The number of nitrogens with zero attached hydrogens (tertiary/aromatic N) is 2. The second kappa shape index (κ2) is 7.61. The molecule has 1 amide bonds. The lowest BCUT2D eigenvalue weighted by Gasteiger charge is -2.15. The maximum absolute atomic E-state index is 13.1. The lowest BCUT2D eigenvalue weighted by atomic mass is 9.96. The van der Waals surface area contributed by atoms with Crippen LogP contribution in [0.15, 0.2) is 73.1 Å². The van der Waals surface area contributed by atoms with Crippen molar-refractivity contribution in [1.29, 1.82) is 0 Å². The van der Waals surface area contributed by atoms with Gasteiger partial charge in [-0.3, -0.25) is 9.78 Å². The maximum Gasteiger partial charge on any atom is 0.252 e. The van der Waals surface area contributed by atoms with Crippen LogP contribution >= 0.6 is 0 Å². The molecule has 1 N–H and O–H groups in total. The van der Waals surface area contributed by atoms with Gasteiger partial charge in [0.1, 0.15) is 0 Å². The molecule has 0 aliphatic rings. The summed E-state index contributed by atoms with van der Waals surface area (Å²) in [7, 11) is 0. The van der Waals surface area contributed by atoms with Gasteiger partial charge in [0.05, 0.1) is 16.8 Å². The highest BCUT2D eigenvalue weighted by molar-refractivity contribution is 6.08. The summed E-state index contributed by atoms with van der Waals surface area (Å²) in [6, 6.07) is 19.8. The smallest absolute Gasteiger partial charge is 0.252 e. The lowest BCUT2D eigenvalue weighted by molar-refractivity contribution is 0.0952.